The van der Waals surface area contributed by atoms with Gasteiger partial charge in [-0.15, -0.1) is 0 Å². The van der Waals surface area contributed by atoms with Crippen molar-refractivity contribution in [2.45, 2.75) is 45.8 Å². The molecule has 22 heavy (non-hydrogen) atoms. The largest absolute Gasteiger partial charge is 0.465 e. The van der Waals surface area contributed by atoms with E-state index in [9.17, 15) is 9.59 Å². The molecule has 1 unspecified atom stereocenters. The standard InChI is InChI=1S/C15H23N3O4/c1-10-12(13(19)21-5)9-18(16-10)11-6-7-17(8-11)14(20)22-15(2,3)4/h9,11H,6-8H2,1-5H3. The van der Waals surface area contributed by atoms with E-state index in [4.69, 9.17) is 9.47 Å². The zero-order valence-electron chi connectivity index (χ0n) is 13.8. The zero-order valence-corrected chi connectivity index (χ0v) is 13.8. The van der Waals surface area contributed by atoms with Crippen LogP contribution in [0, 0.1) is 6.92 Å². The molecule has 0 aromatic carbocycles. The first kappa shape index (κ1) is 16.3. The van der Waals surface area contributed by atoms with Crippen LogP contribution in [0.5, 0.6) is 0 Å². The minimum absolute atomic E-state index is 0.0459. The summed E-state index contributed by atoms with van der Waals surface area (Å²) in [6, 6.07) is 0.0459. The van der Waals surface area contributed by atoms with Crippen LogP contribution in [-0.4, -0.2) is 52.5 Å². The maximum atomic E-state index is 12.1. The Morgan fingerprint density at radius 2 is 2.05 bits per heavy atom. The number of hydrogen-bond donors (Lipinski definition) is 0. The van der Waals surface area contributed by atoms with Gasteiger partial charge in [-0.1, -0.05) is 0 Å². The summed E-state index contributed by atoms with van der Waals surface area (Å²) in [5.41, 5.74) is 0.580. The van der Waals surface area contributed by atoms with Gasteiger partial charge in [0.05, 0.1) is 18.8 Å². The Morgan fingerprint density at radius 1 is 1.36 bits per heavy atom. The van der Waals surface area contributed by atoms with Gasteiger partial charge in [-0.05, 0) is 34.1 Å². The quantitative estimate of drug-likeness (QED) is 0.783. The Kier molecular flexibility index (Phi) is 4.44. The molecule has 7 nitrogen and oxygen atoms in total. The van der Waals surface area contributed by atoms with E-state index >= 15 is 0 Å². The summed E-state index contributed by atoms with van der Waals surface area (Å²) in [5, 5.41) is 4.37. The van der Waals surface area contributed by atoms with Gasteiger partial charge < -0.3 is 14.4 Å². The Bertz CT molecular complexity index is 574. The van der Waals surface area contributed by atoms with Crippen molar-refractivity contribution < 1.29 is 19.1 Å². The average molecular weight is 309 g/mol. The molecule has 1 aliphatic heterocycles. The molecule has 0 spiro atoms. The molecule has 0 radical (unpaired) electrons. The first-order valence-corrected chi connectivity index (χ1v) is 7.33. The number of hydrogen-bond acceptors (Lipinski definition) is 5. The number of likely N-dealkylation sites (tertiary alicyclic amines) is 1. The average Bonchev–Trinajstić information content (AvgIpc) is 3.02. The van der Waals surface area contributed by atoms with Gasteiger partial charge in [0, 0.05) is 19.3 Å². The summed E-state index contributed by atoms with van der Waals surface area (Å²) in [5.74, 6) is -0.397. The van der Waals surface area contributed by atoms with Crippen molar-refractivity contribution in [3.63, 3.8) is 0 Å². The molecular formula is C15H23N3O4. The number of nitrogens with zero attached hydrogens (tertiary/aromatic N) is 3. The number of methoxy groups -OCH3 is 1. The lowest BCUT2D eigenvalue weighted by molar-refractivity contribution is 0.0288. The molecule has 0 bridgehead atoms. The lowest BCUT2D eigenvalue weighted by Crippen LogP contribution is -2.35. The van der Waals surface area contributed by atoms with Crippen molar-refractivity contribution in [1.29, 1.82) is 0 Å². The van der Waals surface area contributed by atoms with Crippen LogP contribution in [0.1, 0.15) is 49.3 Å². The van der Waals surface area contributed by atoms with Gasteiger partial charge in [-0.2, -0.15) is 5.10 Å². The fourth-order valence-corrected chi connectivity index (χ4v) is 2.43. The van der Waals surface area contributed by atoms with E-state index in [1.807, 2.05) is 20.8 Å². The Morgan fingerprint density at radius 3 is 2.64 bits per heavy atom. The predicted molar refractivity (Wildman–Crippen MR) is 79.8 cm³/mol. The summed E-state index contributed by atoms with van der Waals surface area (Å²) in [6.07, 6.45) is 2.15. The molecule has 0 saturated carbocycles. The summed E-state index contributed by atoms with van der Waals surface area (Å²) >= 11 is 0. The van der Waals surface area contributed by atoms with E-state index in [-0.39, 0.29) is 12.1 Å². The van der Waals surface area contributed by atoms with Crippen LogP contribution in [0.2, 0.25) is 0 Å². The van der Waals surface area contributed by atoms with Crippen molar-refractivity contribution in [3.05, 3.63) is 17.5 Å². The minimum atomic E-state index is -0.504. The maximum Gasteiger partial charge on any atom is 0.410 e. The number of esters is 1. The second-order valence-electron chi connectivity index (χ2n) is 6.47. The topological polar surface area (TPSA) is 73.7 Å². The smallest absolute Gasteiger partial charge is 0.410 e. The monoisotopic (exact) mass is 309 g/mol. The first-order valence-electron chi connectivity index (χ1n) is 7.33. The van der Waals surface area contributed by atoms with Crippen LogP contribution < -0.4 is 0 Å². The van der Waals surface area contributed by atoms with Crippen LogP contribution in [0.25, 0.3) is 0 Å². The van der Waals surface area contributed by atoms with Crippen LogP contribution >= 0.6 is 0 Å². The van der Waals surface area contributed by atoms with E-state index in [0.29, 0.717) is 24.3 Å². The normalized spacial score (nSPS) is 18.4. The summed E-state index contributed by atoms with van der Waals surface area (Å²) < 4.78 is 11.8. The molecule has 7 heteroatoms. The number of aromatic nitrogens is 2. The molecule has 1 fully saturated rings. The van der Waals surface area contributed by atoms with Gasteiger partial charge >= 0.3 is 12.1 Å². The maximum absolute atomic E-state index is 12.1. The number of carbonyl (C=O) groups is 2. The molecule has 1 saturated heterocycles. The summed E-state index contributed by atoms with van der Waals surface area (Å²) in [6.45, 7) is 8.44. The Labute approximate surface area is 130 Å². The van der Waals surface area contributed by atoms with Crippen LogP contribution in [0.4, 0.5) is 4.79 Å². The SMILES string of the molecule is COC(=O)c1cn(C2CCN(C(=O)OC(C)(C)C)C2)nc1C. The van der Waals surface area contributed by atoms with Crippen molar-refractivity contribution in [2.24, 2.45) is 0 Å². The highest BCUT2D eigenvalue weighted by Gasteiger charge is 2.31. The second-order valence-corrected chi connectivity index (χ2v) is 6.47. The highest BCUT2D eigenvalue weighted by Crippen LogP contribution is 2.24. The molecule has 0 aliphatic carbocycles. The van der Waals surface area contributed by atoms with Crippen molar-refractivity contribution in [3.8, 4) is 0 Å². The van der Waals surface area contributed by atoms with Crippen LogP contribution in [0.15, 0.2) is 6.20 Å². The summed E-state index contributed by atoms with van der Waals surface area (Å²) in [4.78, 5) is 25.4. The molecule has 1 aromatic rings. The molecule has 1 amide bonds. The van der Waals surface area contributed by atoms with Gasteiger partial charge in [0.1, 0.15) is 11.2 Å². The number of rotatable bonds is 2. The van der Waals surface area contributed by atoms with E-state index in [1.54, 1.807) is 22.7 Å². The van der Waals surface area contributed by atoms with Crippen LogP contribution in [-0.2, 0) is 9.47 Å². The fraction of sp³-hybridized carbons (Fsp3) is 0.667. The van der Waals surface area contributed by atoms with Crippen molar-refractivity contribution >= 4 is 12.1 Å². The van der Waals surface area contributed by atoms with Gasteiger partial charge in [0.15, 0.2) is 0 Å². The molecule has 1 aliphatic rings. The van der Waals surface area contributed by atoms with E-state index in [2.05, 4.69) is 5.10 Å². The highest BCUT2D eigenvalue weighted by molar-refractivity contribution is 5.90. The van der Waals surface area contributed by atoms with Crippen molar-refractivity contribution in [2.75, 3.05) is 20.2 Å². The third-order valence-corrected chi connectivity index (χ3v) is 3.51. The summed E-state index contributed by atoms with van der Waals surface area (Å²) in [7, 11) is 1.35. The lowest BCUT2D eigenvalue weighted by Gasteiger charge is -2.24. The third kappa shape index (κ3) is 3.58. The molecule has 2 rings (SSSR count). The van der Waals surface area contributed by atoms with Crippen LogP contribution in [0.3, 0.4) is 0 Å². The Balaban J connectivity index is 2.04. The molecular weight excluding hydrogens is 286 g/mol. The first-order chi connectivity index (χ1) is 10.2. The molecule has 1 atom stereocenters. The van der Waals surface area contributed by atoms with Crippen molar-refractivity contribution in [1.82, 2.24) is 14.7 Å². The van der Waals surface area contributed by atoms with E-state index in [1.165, 1.54) is 7.11 Å². The highest BCUT2D eigenvalue weighted by atomic mass is 16.6. The zero-order chi connectivity index (χ0) is 16.5. The second kappa shape index (κ2) is 5.98. The van der Waals surface area contributed by atoms with Gasteiger partial charge in [-0.3, -0.25) is 4.68 Å². The number of amides is 1. The number of aryl methyl sites for hydroxylation is 1. The number of ether oxygens (including phenoxy) is 2. The predicted octanol–water partition coefficient (Wildman–Crippen LogP) is 2.16. The molecule has 122 valence electrons. The van der Waals surface area contributed by atoms with Gasteiger partial charge in [-0.25, -0.2) is 9.59 Å². The molecule has 0 N–H and O–H groups in total. The minimum Gasteiger partial charge on any atom is -0.465 e. The molecule has 2 heterocycles. The lowest BCUT2D eigenvalue weighted by atomic mass is 10.2. The van der Waals surface area contributed by atoms with Gasteiger partial charge in [0.2, 0.25) is 0 Å². The third-order valence-electron chi connectivity index (χ3n) is 3.51. The molecule has 1 aromatic heterocycles. The fourth-order valence-electron chi connectivity index (χ4n) is 2.43. The van der Waals surface area contributed by atoms with E-state index < -0.39 is 11.6 Å². The number of carbonyl (C=O) groups excluding carboxylic acids is 2. The van der Waals surface area contributed by atoms with Gasteiger partial charge in [0.25, 0.3) is 0 Å². The Hall–Kier alpha value is -2.05. The van der Waals surface area contributed by atoms with E-state index in [0.717, 1.165) is 6.42 Å².